The lowest BCUT2D eigenvalue weighted by Crippen LogP contribution is -2.00. The number of nitrogens with zero attached hydrogens (tertiary/aromatic N) is 4. The van der Waals surface area contributed by atoms with Crippen LogP contribution in [-0.2, 0) is 0 Å². The molecule has 198 valence electrons. The summed E-state index contributed by atoms with van der Waals surface area (Å²) in [4.78, 5) is 14.6. The van der Waals surface area contributed by atoms with E-state index in [-0.39, 0.29) is 5.92 Å². The molecule has 0 spiro atoms. The molecule has 0 bridgehead atoms. The molecule has 4 nitrogen and oxygen atoms in total. The zero-order chi connectivity index (χ0) is 28.3. The summed E-state index contributed by atoms with van der Waals surface area (Å²) in [6.07, 6.45) is 7.02. The van der Waals surface area contributed by atoms with Gasteiger partial charge in [0.2, 0.25) is 0 Å². The molecule has 1 aromatic heterocycles. The highest BCUT2D eigenvalue weighted by Crippen LogP contribution is 2.31. The molecule has 0 saturated heterocycles. The third-order valence-corrected chi connectivity index (χ3v) is 7.58. The molecule has 1 unspecified atom stereocenters. The summed E-state index contributed by atoms with van der Waals surface area (Å²) in [5, 5.41) is 11.6. The molecule has 0 fully saturated rings. The van der Waals surface area contributed by atoms with Gasteiger partial charge in [-0.15, -0.1) is 0 Å². The number of hydrogen-bond acceptors (Lipinski definition) is 4. The summed E-state index contributed by atoms with van der Waals surface area (Å²) in [6, 6.07) is 43.9. The SMILES string of the molecule is N#CC1C=C(c2ccc(-c3ccc4ccc(-c5nc(-c6ccccc6)nc(-c6ccccc6)n5)cc4c3)cc2)C=CC1. The van der Waals surface area contributed by atoms with Gasteiger partial charge in [0.25, 0.3) is 0 Å². The Kier molecular flexibility index (Phi) is 6.68. The second-order valence-electron chi connectivity index (χ2n) is 10.4. The normalized spacial score (nSPS) is 14.4. The Bertz CT molecular complexity index is 1940. The van der Waals surface area contributed by atoms with Crippen molar-refractivity contribution < 1.29 is 0 Å². The van der Waals surface area contributed by atoms with Crippen molar-refractivity contribution in [2.75, 3.05) is 0 Å². The molecule has 4 heteroatoms. The van der Waals surface area contributed by atoms with Crippen LogP contribution in [0.5, 0.6) is 0 Å². The minimum absolute atomic E-state index is 0.0590. The van der Waals surface area contributed by atoms with E-state index in [9.17, 15) is 5.26 Å². The lowest BCUT2D eigenvalue weighted by Gasteiger charge is -2.12. The maximum atomic E-state index is 9.32. The van der Waals surface area contributed by atoms with Gasteiger partial charge in [0.15, 0.2) is 17.5 Å². The minimum Gasteiger partial charge on any atom is -0.208 e. The van der Waals surface area contributed by atoms with E-state index < -0.39 is 0 Å². The first-order valence-electron chi connectivity index (χ1n) is 14.0. The topological polar surface area (TPSA) is 62.5 Å². The summed E-state index contributed by atoms with van der Waals surface area (Å²) in [5.74, 6) is 1.88. The van der Waals surface area contributed by atoms with E-state index in [1.165, 1.54) is 0 Å². The second kappa shape index (κ2) is 11.1. The Morgan fingerprint density at radius 1 is 0.524 bits per heavy atom. The van der Waals surface area contributed by atoms with Crippen molar-refractivity contribution in [2.45, 2.75) is 6.42 Å². The van der Waals surface area contributed by atoms with Crippen LogP contribution in [0.3, 0.4) is 0 Å². The molecular formula is C38H26N4. The predicted octanol–water partition coefficient (Wildman–Crippen LogP) is 9.18. The number of hydrogen-bond donors (Lipinski definition) is 0. The van der Waals surface area contributed by atoms with Gasteiger partial charge in [0.05, 0.1) is 12.0 Å². The van der Waals surface area contributed by atoms with Crippen LogP contribution in [0.25, 0.3) is 61.6 Å². The average molecular weight is 539 g/mol. The van der Waals surface area contributed by atoms with Gasteiger partial charge in [-0.2, -0.15) is 5.26 Å². The standard InChI is InChI=1S/C38H26N4/c39-25-26-8-7-13-32(22-26)27-14-16-28(17-15-27)33-20-18-29-19-21-34(24-35(29)23-33)38-41-36(30-9-3-1-4-10-30)40-37(42-38)31-11-5-2-6-12-31/h1-7,9-24,26H,8H2. The molecule has 7 rings (SSSR count). The van der Waals surface area contributed by atoms with Crippen molar-refractivity contribution in [3.8, 4) is 51.4 Å². The highest BCUT2D eigenvalue weighted by atomic mass is 15.0. The molecular weight excluding hydrogens is 512 g/mol. The molecule has 1 heterocycles. The van der Waals surface area contributed by atoms with Crippen LogP contribution in [0.1, 0.15) is 12.0 Å². The summed E-state index contributed by atoms with van der Waals surface area (Å²) in [6.45, 7) is 0. The minimum atomic E-state index is -0.0590. The molecule has 0 radical (unpaired) electrons. The fourth-order valence-corrected chi connectivity index (χ4v) is 5.32. The monoisotopic (exact) mass is 538 g/mol. The smallest absolute Gasteiger partial charge is 0.164 e. The average Bonchev–Trinajstić information content (AvgIpc) is 3.08. The number of nitriles is 1. The van der Waals surface area contributed by atoms with Crippen LogP contribution in [0.2, 0.25) is 0 Å². The maximum Gasteiger partial charge on any atom is 0.164 e. The summed E-state index contributed by atoms with van der Waals surface area (Å²) in [5.41, 5.74) is 7.34. The Balaban J connectivity index is 1.26. The van der Waals surface area contributed by atoms with Gasteiger partial charge in [-0.05, 0) is 51.6 Å². The van der Waals surface area contributed by atoms with Crippen LogP contribution in [0.15, 0.2) is 140 Å². The van der Waals surface area contributed by atoms with Crippen molar-refractivity contribution in [2.24, 2.45) is 5.92 Å². The van der Waals surface area contributed by atoms with Gasteiger partial charge in [0.1, 0.15) is 0 Å². The Hall–Kier alpha value is -5.66. The highest BCUT2D eigenvalue weighted by molar-refractivity contribution is 5.90. The van der Waals surface area contributed by atoms with Gasteiger partial charge in [-0.25, -0.2) is 15.0 Å². The van der Waals surface area contributed by atoms with Gasteiger partial charge in [0, 0.05) is 16.7 Å². The van der Waals surface area contributed by atoms with E-state index in [4.69, 9.17) is 15.0 Å². The summed E-state index contributed by atoms with van der Waals surface area (Å²) < 4.78 is 0. The lowest BCUT2D eigenvalue weighted by molar-refractivity contribution is 0.841. The fraction of sp³-hybridized carbons (Fsp3) is 0.0526. The van der Waals surface area contributed by atoms with Crippen LogP contribution in [0, 0.1) is 17.2 Å². The third kappa shape index (κ3) is 5.12. The van der Waals surface area contributed by atoms with E-state index in [2.05, 4.69) is 85.0 Å². The molecule has 6 aromatic rings. The number of benzene rings is 5. The largest absolute Gasteiger partial charge is 0.208 e. The predicted molar refractivity (Wildman–Crippen MR) is 170 cm³/mol. The van der Waals surface area contributed by atoms with Crippen LogP contribution in [0.4, 0.5) is 0 Å². The van der Waals surface area contributed by atoms with Crippen LogP contribution in [-0.4, -0.2) is 15.0 Å². The van der Waals surface area contributed by atoms with Crippen molar-refractivity contribution in [3.05, 3.63) is 145 Å². The van der Waals surface area contributed by atoms with E-state index in [0.29, 0.717) is 17.5 Å². The Labute approximate surface area is 245 Å². The first kappa shape index (κ1) is 25.3. The van der Waals surface area contributed by atoms with Gasteiger partial charge in [-0.1, -0.05) is 127 Å². The number of allylic oxidation sites excluding steroid dienone is 4. The molecule has 1 aliphatic rings. The van der Waals surface area contributed by atoms with E-state index in [1.54, 1.807) is 0 Å². The van der Waals surface area contributed by atoms with Crippen LogP contribution >= 0.6 is 0 Å². The van der Waals surface area contributed by atoms with Crippen molar-refractivity contribution in [3.63, 3.8) is 0 Å². The first-order valence-corrected chi connectivity index (χ1v) is 14.0. The van der Waals surface area contributed by atoms with E-state index >= 15 is 0 Å². The molecule has 0 aliphatic heterocycles. The van der Waals surface area contributed by atoms with Gasteiger partial charge < -0.3 is 0 Å². The molecule has 0 amide bonds. The van der Waals surface area contributed by atoms with E-state index in [1.807, 2.05) is 60.7 Å². The summed E-state index contributed by atoms with van der Waals surface area (Å²) >= 11 is 0. The fourth-order valence-electron chi connectivity index (χ4n) is 5.32. The van der Waals surface area contributed by atoms with Gasteiger partial charge in [-0.3, -0.25) is 0 Å². The quantitative estimate of drug-likeness (QED) is 0.219. The highest BCUT2D eigenvalue weighted by Gasteiger charge is 2.13. The number of fused-ring (bicyclic) bond motifs is 1. The first-order chi connectivity index (χ1) is 20.7. The zero-order valence-corrected chi connectivity index (χ0v) is 22.9. The molecule has 42 heavy (non-hydrogen) atoms. The third-order valence-electron chi connectivity index (χ3n) is 7.58. The van der Waals surface area contributed by atoms with Gasteiger partial charge >= 0.3 is 0 Å². The molecule has 1 aliphatic carbocycles. The maximum absolute atomic E-state index is 9.32. The lowest BCUT2D eigenvalue weighted by atomic mass is 9.92. The second-order valence-corrected chi connectivity index (χ2v) is 10.4. The molecule has 0 saturated carbocycles. The molecule has 1 atom stereocenters. The zero-order valence-electron chi connectivity index (χ0n) is 22.9. The van der Waals surface area contributed by atoms with Crippen molar-refractivity contribution >= 4 is 16.3 Å². The van der Waals surface area contributed by atoms with Crippen LogP contribution < -0.4 is 0 Å². The summed E-state index contributed by atoms with van der Waals surface area (Å²) in [7, 11) is 0. The molecule has 0 N–H and O–H groups in total. The number of aromatic nitrogens is 3. The number of rotatable bonds is 5. The Morgan fingerprint density at radius 2 is 1.05 bits per heavy atom. The van der Waals surface area contributed by atoms with Crippen molar-refractivity contribution in [1.29, 1.82) is 5.26 Å². The van der Waals surface area contributed by atoms with Crippen molar-refractivity contribution in [1.82, 2.24) is 15.0 Å². The molecule has 5 aromatic carbocycles. The Morgan fingerprint density at radius 3 is 1.67 bits per heavy atom. The van der Waals surface area contributed by atoms with E-state index in [0.717, 1.165) is 56.1 Å².